The Kier molecular flexibility index (Phi) is 4.64. The van der Waals surface area contributed by atoms with Gasteiger partial charge in [0.15, 0.2) is 0 Å². The van der Waals surface area contributed by atoms with Crippen LogP contribution in [0.1, 0.15) is 47.2 Å². The van der Waals surface area contributed by atoms with E-state index in [1.165, 1.54) is 0 Å². The van der Waals surface area contributed by atoms with Crippen LogP contribution in [-0.4, -0.2) is 39.1 Å². The number of rotatable bonds is 4. The van der Waals surface area contributed by atoms with E-state index in [2.05, 4.69) is 10.3 Å². The molecule has 1 aromatic carbocycles. The number of aromatic nitrogens is 1. The molecule has 3 heterocycles. The van der Waals surface area contributed by atoms with Crippen LogP contribution in [0, 0.1) is 6.92 Å². The van der Waals surface area contributed by atoms with E-state index in [0.29, 0.717) is 19.4 Å². The maximum atomic E-state index is 13.2. The number of fused-ring (bicyclic) bond motifs is 2. The third kappa shape index (κ3) is 3.19. The minimum atomic E-state index is -0.259. The highest BCUT2D eigenvalue weighted by molar-refractivity contribution is 5.97. The molecule has 0 spiro atoms. The SMILES string of the molecule is Cc1c(NCc2cccnc2)cccc1C(=O)N1[C@@H]2CC[C@H]1CC(O)C2. The standard InChI is InChI=1S/C21H25N3O2/c1-14-19(21(26)24-16-7-8-17(24)11-18(25)10-16)5-2-6-20(14)23-13-15-4-3-9-22-12-15/h2-6,9,12,16-18,23,25H,7-8,10-11,13H2,1H3/t16-,17+,18?. The fourth-order valence-electron chi connectivity index (χ4n) is 4.38. The summed E-state index contributed by atoms with van der Waals surface area (Å²) in [4.78, 5) is 19.4. The van der Waals surface area contributed by atoms with E-state index in [9.17, 15) is 9.90 Å². The van der Waals surface area contributed by atoms with Crippen LogP contribution < -0.4 is 5.32 Å². The van der Waals surface area contributed by atoms with Crippen molar-refractivity contribution in [3.8, 4) is 0 Å². The molecule has 2 aromatic rings. The summed E-state index contributed by atoms with van der Waals surface area (Å²) < 4.78 is 0. The number of nitrogens with one attached hydrogen (secondary N) is 1. The van der Waals surface area contributed by atoms with Crippen LogP contribution in [0.4, 0.5) is 5.69 Å². The Labute approximate surface area is 154 Å². The number of amides is 1. The van der Waals surface area contributed by atoms with E-state index < -0.39 is 0 Å². The number of aliphatic hydroxyl groups is 1. The van der Waals surface area contributed by atoms with Crippen molar-refractivity contribution in [2.24, 2.45) is 0 Å². The van der Waals surface area contributed by atoms with Crippen molar-refractivity contribution in [3.63, 3.8) is 0 Å². The fourth-order valence-corrected chi connectivity index (χ4v) is 4.38. The van der Waals surface area contributed by atoms with Crippen LogP contribution >= 0.6 is 0 Å². The maximum absolute atomic E-state index is 13.2. The highest BCUT2D eigenvalue weighted by atomic mass is 16.3. The number of hydrogen-bond acceptors (Lipinski definition) is 4. The molecule has 5 heteroatoms. The number of carbonyl (C=O) groups is 1. The molecule has 2 aliphatic rings. The van der Waals surface area contributed by atoms with Gasteiger partial charge < -0.3 is 15.3 Å². The van der Waals surface area contributed by atoms with Crippen molar-refractivity contribution in [2.75, 3.05) is 5.32 Å². The van der Waals surface area contributed by atoms with Gasteiger partial charge in [0.05, 0.1) is 6.10 Å². The predicted octanol–water partition coefficient (Wildman–Crippen LogP) is 3.13. The number of piperidine rings is 1. The van der Waals surface area contributed by atoms with Gasteiger partial charge in [0.2, 0.25) is 0 Å². The van der Waals surface area contributed by atoms with E-state index in [0.717, 1.165) is 35.2 Å². The molecule has 5 nitrogen and oxygen atoms in total. The van der Waals surface area contributed by atoms with Gasteiger partial charge in [-0.25, -0.2) is 0 Å². The fraction of sp³-hybridized carbons (Fsp3) is 0.429. The second kappa shape index (κ2) is 7.08. The van der Waals surface area contributed by atoms with Gasteiger partial charge in [-0.3, -0.25) is 9.78 Å². The van der Waals surface area contributed by atoms with Crippen molar-refractivity contribution >= 4 is 11.6 Å². The Bertz CT molecular complexity index is 779. The number of anilines is 1. The lowest BCUT2D eigenvalue weighted by Crippen LogP contribution is -2.48. The lowest BCUT2D eigenvalue weighted by Gasteiger charge is -2.37. The third-order valence-corrected chi connectivity index (χ3v) is 5.71. The summed E-state index contributed by atoms with van der Waals surface area (Å²) in [5, 5.41) is 13.4. The number of carbonyl (C=O) groups excluding carboxylic acids is 1. The molecule has 0 saturated carbocycles. The molecule has 1 aromatic heterocycles. The first-order valence-corrected chi connectivity index (χ1v) is 9.36. The van der Waals surface area contributed by atoms with E-state index in [1.54, 1.807) is 6.20 Å². The molecule has 136 valence electrons. The summed E-state index contributed by atoms with van der Waals surface area (Å²) in [7, 11) is 0. The molecule has 1 unspecified atom stereocenters. The smallest absolute Gasteiger partial charge is 0.254 e. The molecule has 0 radical (unpaired) electrons. The zero-order chi connectivity index (χ0) is 18.1. The number of pyridine rings is 1. The zero-order valence-corrected chi connectivity index (χ0v) is 15.1. The molecule has 2 N–H and O–H groups in total. The second-order valence-corrected chi connectivity index (χ2v) is 7.42. The summed E-state index contributed by atoms with van der Waals surface area (Å²) in [6.07, 6.45) is 6.77. The van der Waals surface area contributed by atoms with Crippen molar-refractivity contribution < 1.29 is 9.90 Å². The molecule has 3 atom stereocenters. The first-order chi connectivity index (χ1) is 12.6. The minimum Gasteiger partial charge on any atom is -0.393 e. The number of nitrogens with zero attached hydrogens (tertiary/aromatic N) is 2. The van der Waals surface area contributed by atoms with Gasteiger partial charge in [-0.15, -0.1) is 0 Å². The van der Waals surface area contributed by atoms with E-state index in [4.69, 9.17) is 0 Å². The quantitative estimate of drug-likeness (QED) is 0.888. The predicted molar refractivity (Wildman–Crippen MR) is 101 cm³/mol. The Morgan fingerprint density at radius 2 is 2.00 bits per heavy atom. The average molecular weight is 351 g/mol. The summed E-state index contributed by atoms with van der Waals surface area (Å²) >= 11 is 0. The highest BCUT2D eigenvalue weighted by Gasteiger charge is 2.43. The largest absolute Gasteiger partial charge is 0.393 e. The van der Waals surface area contributed by atoms with Crippen LogP contribution in [0.25, 0.3) is 0 Å². The lowest BCUT2D eigenvalue weighted by molar-refractivity contribution is 0.0286. The van der Waals surface area contributed by atoms with Crippen LogP contribution in [0.15, 0.2) is 42.7 Å². The van der Waals surface area contributed by atoms with Crippen LogP contribution in [0.3, 0.4) is 0 Å². The van der Waals surface area contributed by atoms with Gasteiger partial charge in [0.25, 0.3) is 5.91 Å². The van der Waals surface area contributed by atoms with Gasteiger partial charge in [-0.05, 0) is 61.9 Å². The molecule has 2 saturated heterocycles. The summed E-state index contributed by atoms with van der Waals surface area (Å²) in [5.41, 5.74) is 3.82. The molecule has 2 fully saturated rings. The first kappa shape index (κ1) is 17.0. The van der Waals surface area contributed by atoms with Gasteiger partial charge in [-0.1, -0.05) is 12.1 Å². The molecule has 1 amide bonds. The Morgan fingerprint density at radius 1 is 1.23 bits per heavy atom. The zero-order valence-electron chi connectivity index (χ0n) is 15.1. The number of hydrogen-bond donors (Lipinski definition) is 2. The summed E-state index contributed by atoms with van der Waals surface area (Å²) in [5.74, 6) is 0.104. The normalized spacial score (nSPS) is 24.5. The monoisotopic (exact) mass is 351 g/mol. The molecule has 2 bridgehead atoms. The van der Waals surface area contributed by atoms with Crippen molar-refractivity contribution in [1.29, 1.82) is 0 Å². The molecular formula is C21H25N3O2. The van der Waals surface area contributed by atoms with Crippen LogP contribution in [0.5, 0.6) is 0 Å². The Hall–Kier alpha value is -2.40. The second-order valence-electron chi connectivity index (χ2n) is 7.42. The van der Waals surface area contributed by atoms with Crippen molar-refractivity contribution in [2.45, 2.75) is 57.3 Å². The average Bonchev–Trinajstić information content (AvgIpc) is 2.92. The number of aliphatic hydroxyl groups excluding tert-OH is 1. The summed E-state index contributed by atoms with van der Waals surface area (Å²) in [6.45, 7) is 2.67. The van der Waals surface area contributed by atoms with E-state index in [1.807, 2.05) is 48.4 Å². The van der Waals surface area contributed by atoms with Gasteiger partial charge in [-0.2, -0.15) is 0 Å². The molecular weight excluding hydrogens is 326 g/mol. The molecule has 4 rings (SSSR count). The molecule has 26 heavy (non-hydrogen) atoms. The van der Waals surface area contributed by atoms with Crippen LogP contribution in [-0.2, 0) is 6.54 Å². The van der Waals surface area contributed by atoms with Gasteiger partial charge >= 0.3 is 0 Å². The maximum Gasteiger partial charge on any atom is 0.254 e. The van der Waals surface area contributed by atoms with Gasteiger partial charge in [0, 0.05) is 42.3 Å². The van der Waals surface area contributed by atoms with Crippen molar-refractivity contribution in [3.05, 3.63) is 59.4 Å². The van der Waals surface area contributed by atoms with E-state index >= 15 is 0 Å². The lowest BCUT2D eigenvalue weighted by atomic mass is 9.97. The topological polar surface area (TPSA) is 65.5 Å². The minimum absolute atomic E-state index is 0.104. The summed E-state index contributed by atoms with van der Waals surface area (Å²) in [6, 6.07) is 10.2. The first-order valence-electron chi connectivity index (χ1n) is 9.36. The highest BCUT2D eigenvalue weighted by Crippen LogP contribution is 2.37. The third-order valence-electron chi connectivity index (χ3n) is 5.71. The Balaban J connectivity index is 1.53. The van der Waals surface area contributed by atoms with Crippen molar-refractivity contribution in [1.82, 2.24) is 9.88 Å². The van der Waals surface area contributed by atoms with Gasteiger partial charge in [0.1, 0.15) is 0 Å². The van der Waals surface area contributed by atoms with E-state index in [-0.39, 0.29) is 24.1 Å². The number of benzene rings is 1. The van der Waals surface area contributed by atoms with Crippen LogP contribution in [0.2, 0.25) is 0 Å². The molecule has 2 aliphatic heterocycles. The Morgan fingerprint density at radius 3 is 2.69 bits per heavy atom. The molecule has 0 aliphatic carbocycles.